The van der Waals surface area contributed by atoms with Crippen LogP contribution in [0.4, 0.5) is 11.6 Å². The molecule has 1 unspecified atom stereocenters. The Morgan fingerprint density at radius 1 is 1.00 bits per heavy atom. The standard InChI is InChI=1S/C21H33N7O2S/c1-16(2)21-22-20(15-25(21)4)31(29,30)27-13-11-26(12-14-27)18-8-9-19(24-23-18)28-10-6-5-7-17(28)3/h8-9,15-17H,5-7,10-14H2,1-4H3. The van der Waals surface area contributed by atoms with Crippen LogP contribution in [0.25, 0.3) is 0 Å². The van der Waals surface area contributed by atoms with Gasteiger partial charge in [0.15, 0.2) is 16.7 Å². The number of piperidine rings is 1. The quantitative estimate of drug-likeness (QED) is 0.694. The molecule has 0 amide bonds. The number of aryl methyl sites for hydroxylation is 1. The van der Waals surface area contributed by atoms with Crippen LogP contribution in [-0.4, -0.2) is 71.2 Å². The first kappa shape index (κ1) is 22.0. The summed E-state index contributed by atoms with van der Waals surface area (Å²) in [5.74, 6) is 2.66. The maximum atomic E-state index is 13.1. The van der Waals surface area contributed by atoms with Crippen LogP contribution in [0.2, 0.25) is 0 Å². The molecule has 0 radical (unpaired) electrons. The molecule has 2 aromatic heterocycles. The summed E-state index contributed by atoms with van der Waals surface area (Å²) in [6, 6.07) is 4.53. The molecule has 2 aliphatic heterocycles. The maximum absolute atomic E-state index is 13.1. The minimum absolute atomic E-state index is 0.131. The molecular weight excluding hydrogens is 414 g/mol. The smallest absolute Gasteiger partial charge is 0.262 e. The second-order valence-electron chi connectivity index (χ2n) is 8.88. The van der Waals surface area contributed by atoms with Gasteiger partial charge in [0.1, 0.15) is 5.82 Å². The van der Waals surface area contributed by atoms with E-state index in [4.69, 9.17) is 0 Å². The second-order valence-corrected chi connectivity index (χ2v) is 10.8. The fourth-order valence-corrected chi connectivity index (χ4v) is 5.89. The Hall–Kier alpha value is -2.20. The molecule has 170 valence electrons. The van der Waals surface area contributed by atoms with Crippen LogP contribution in [0.3, 0.4) is 0 Å². The first-order chi connectivity index (χ1) is 14.8. The Morgan fingerprint density at radius 2 is 1.68 bits per heavy atom. The molecule has 0 spiro atoms. The molecule has 1 atom stereocenters. The number of aromatic nitrogens is 4. The van der Waals surface area contributed by atoms with Crippen LogP contribution >= 0.6 is 0 Å². The molecule has 31 heavy (non-hydrogen) atoms. The molecule has 9 nitrogen and oxygen atoms in total. The average molecular weight is 448 g/mol. The summed E-state index contributed by atoms with van der Waals surface area (Å²) in [7, 11) is -1.76. The number of rotatable bonds is 5. The molecule has 0 aliphatic carbocycles. The molecule has 2 aliphatic rings. The highest BCUT2D eigenvalue weighted by Crippen LogP contribution is 2.25. The van der Waals surface area contributed by atoms with Crippen LogP contribution in [0.1, 0.15) is 51.8 Å². The van der Waals surface area contributed by atoms with Crippen molar-refractivity contribution in [3.8, 4) is 0 Å². The van der Waals surface area contributed by atoms with Gasteiger partial charge in [0.2, 0.25) is 0 Å². The van der Waals surface area contributed by atoms with Crippen molar-refractivity contribution in [3.05, 3.63) is 24.2 Å². The molecule has 10 heteroatoms. The van der Waals surface area contributed by atoms with Crippen LogP contribution in [0.5, 0.6) is 0 Å². The summed E-state index contributed by atoms with van der Waals surface area (Å²) in [5.41, 5.74) is 0. The number of piperazine rings is 1. The van der Waals surface area contributed by atoms with Crippen molar-refractivity contribution in [1.29, 1.82) is 0 Å². The van der Waals surface area contributed by atoms with Gasteiger partial charge in [-0.1, -0.05) is 13.8 Å². The Bertz CT molecular complexity index is 995. The van der Waals surface area contributed by atoms with Crippen molar-refractivity contribution in [1.82, 2.24) is 24.1 Å². The SMILES string of the molecule is CC(C)c1nc(S(=O)(=O)N2CCN(c3ccc(N4CCCCC4C)nn3)CC2)cn1C. The van der Waals surface area contributed by atoms with Gasteiger partial charge in [0.05, 0.1) is 0 Å². The van der Waals surface area contributed by atoms with Crippen LogP contribution in [-0.2, 0) is 17.1 Å². The first-order valence-electron chi connectivity index (χ1n) is 11.2. The summed E-state index contributed by atoms with van der Waals surface area (Å²) in [4.78, 5) is 8.81. The Balaban J connectivity index is 1.41. The van der Waals surface area contributed by atoms with E-state index in [1.807, 2.05) is 33.0 Å². The molecule has 2 fully saturated rings. The topological polar surface area (TPSA) is 87.5 Å². The molecule has 2 saturated heterocycles. The van der Waals surface area contributed by atoms with Crippen LogP contribution in [0.15, 0.2) is 23.4 Å². The van der Waals surface area contributed by atoms with E-state index >= 15 is 0 Å². The molecule has 0 aromatic carbocycles. The van der Waals surface area contributed by atoms with Crippen molar-refractivity contribution in [3.63, 3.8) is 0 Å². The minimum atomic E-state index is -3.60. The van der Waals surface area contributed by atoms with E-state index in [9.17, 15) is 8.42 Å². The highest BCUT2D eigenvalue weighted by molar-refractivity contribution is 7.89. The fourth-order valence-electron chi connectivity index (χ4n) is 4.48. The van der Waals surface area contributed by atoms with Crippen molar-refractivity contribution in [2.45, 2.75) is 57.0 Å². The number of hydrogen-bond acceptors (Lipinski definition) is 7. The van der Waals surface area contributed by atoms with Crippen molar-refractivity contribution in [2.75, 3.05) is 42.5 Å². The zero-order valence-corrected chi connectivity index (χ0v) is 19.7. The van der Waals surface area contributed by atoms with E-state index in [1.165, 1.54) is 23.6 Å². The van der Waals surface area contributed by atoms with Crippen molar-refractivity contribution in [2.24, 2.45) is 7.05 Å². The Kier molecular flexibility index (Phi) is 6.20. The fraction of sp³-hybridized carbons (Fsp3) is 0.667. The predicted octanol–water partition coefficient (Wildman–Crippen LogP) is 2.22. The first-order valence-corrected chi connectivity index (χ1v) is 12.6. The summed E-state index contributed by atoms with van der Waals surface area (Å²) in [6.45, 7) is 9.25. The number of hydrogen-bond donors (Lipinski definition) is 0. The van der Waals surface area contributed by atoms with Crippen molar-refractivity contribution >= 4 is 21.7 Å². The van der Waals surface area contributed by atoms with E-state index in [0.717, 1.165) is 24.0 Å². The lowest BCUT2D eigenvalue weighted by Gasteiger charge is -2.35. The number of nitrogens with zero attached hydrogens (tertiary/aromatic N) is 7. The number of anilines is 2. The highest BCUT2D eigenvalue weighted by atomic mass is 32.2. The van der Waals surface area contributed by atoms with E-state index in [1.54, 1.807) is 10.8 Å². The zero-order valence-electron chi connectivity index (χ0n) is 18.9. The van der Waals surface area contributed by atoms with E-state index < -0.39 is 10.0 Å². The minimum Gasteiger partial charge on any atom is -0.352 e. The second kappa shape index (κ2) is 8.74. The number of imidazole rings is 1. The lowest BCUT2D eigenvalue weighted by Crippen LogP contribution is -2.49. The lowest BCUT2D eigenvalue weighted by molar-refractivity contribution is 0.382. The van der Waals surface area contributed by atoms with Gasteiger partial charge in [-0.05, 0) is 38.3 Å². The zero-order chi connectivity index (χ0) is 22.2. The van der Waals surface area contributed by atoms with Gasteiger partial charge < -0.3 is 14.4 Å². The third-order valence-corrected chi connectivity index (χ3v) is 8.08. The average Bonchev–Trinajstić information content (AvgIpc) is 3.17. The van der Waals surface area contributed by atoms with Gasteiger partial charge >= 0.3 is 0 Å². The number of sulfonamides is 1. The van der Waals surface area contributed by atoms with E-state index in [2.05, 4.69) is 31.9 Å². The lowest BCUT2D eigenvalue weighted by atomic mass is 10.0. The van der Waals surface area contributed by atoms with Gasteiger partial charge in [-0.25, -0.2) is 13.4 Å². The molecule has 0 N–H and O–H groups in total. The monoisotopic (exact) mass is 447 g/mol. The summed E-state index contributed by atoms with van der Waals surface area (Å²) in [5, 5.41) is 9.04. The van der Waals surface area contributed by atoms with Crippen LogP contribution in [0, 0.1) is 0 Å². The third-order valence-electron chi connectivity index (χ3n) is 6.31. The Morgan fingerprint density at radius 3 is 2.26 bits per heavy atom. The van der Waals surface area contributed by atoms with Gasteiger partial charge in [0, 0.05) is 57.9 Å². The maximum Gasteiger partial charge on any atom is 0.262 e. The molecule has 4 rings (SSSR count). The highest BCUT2D eigenvalue weighted by Gasteiger charge is 2.32. The van der Waals surface area contributed by atoms with Gasteiger partial charge in [-0.3, -0.25) is 0 Å². The van der Waals surface area contributed by atoms with E-state index in [-0.39, 0.29) is 10.9 Å². The van der Waals surface area contributed by atoms with E-state index in [0.29, 0.717) is 32.2 Å². The van der Waals surface area contributed by atoms with Gasteiger partial charge in [0.25, 0.3) is 10.0 Å². The molecule has 4 heterocycles. The molecule has 0 saturated carbocycles. The molecular formula is C21H33N7O2S. The van der Waals surface area contributed by atoms with Crippen molar-refractivity contribution < 1.29 is 8.42 Å². The van der Waals surface area contributed by atoms with Gasteiger partial charge in [-0.2, -0.15) is 4.31 Å². The Labute approximate surface area is 185 Å². The predicted molar refractivity (Wildman–Crippen MR) is 121 cm³/mol. The summed E-state index contributed by atoms with van der Waals surface area (Å²) < 4.78 is 29.5. The normalized spacial score (nSPS) is 21.1. The molecule has 2 aromatic rings. The van der Waals surface area contributed by atoms with Gasteiger partial charge in [-0.15, -0.1) is 10.2 Å². The molecule has 0 bridgehead atoms. The third kappa shape index (κ3) is 4.41. The summed E-state index contributed by atoms with van der Waals surface area (Å²) >= 11 is 0. The van der Waals surface area contributed by atoms with Crippen LogP contribution < -0.4 is 9.80 Å². The summed E-state index contributed by atoms with van der Waals surface area (Å²) in [6.07, 6.45) is 5.27. The largest absolute Gasteiger partial charge is 0.352 e.